The van der Waals surface area contributed by atoms with Gasteiger partial charge in [-0.2, -0.15) is 11.8 Å². The van der Waals surface area contributed by atoms with Crippen molar-refractivity contribution in [1.82, 2.24) is 5.32 Å². The van der Waals surface area contributed by atoms with E-state index in [2.05, 4.69) is 23.1 Å². The van der Waals surface area contributed by atoms with E-state index >= 15 is 0 Å². The average molecular weight is 242 g/mol. The predicted molar refractivity (Wildman–Crippen MR) is 68.6 cm³/mol. The highest BCUT2D eigenvalue weighted by Crippen LogP contribution is 2.17. The van der Waals surface area contributed by atoms with Gasteiger partial charge in [0.25, 0.3) is 0 Å². The maximum absolute atomic E-state index is 5.93. The van der Waals surface area contributed by atoms with Crippen molar-refractivity contribution in [2.75, 3.05) is 11.5 Å². The van der Waals surface area contributed by atoms with Crippen LogP contribution in [0, 0.1) is 0 Å². The Bertz CT molecular complexity index is 310. The molecular formula is C12H16ClNS. The zero-order valence-corrected chi connectivity index (χ0v) is 10.3. The molecule has 1 atom stereocenters. The Kier molecular flexibility index (Phi) is 4.36. The van der Waals surface area contributed by atoms with Crippen molar-refractivity contribution in [3.05, 3.63) is 34.9 Å². The van der Waals surface area contributed by atoms with Crippen LogP contribution in [0.5, 0.6) is 0 Å². The fourth-order valence-electron chi connectivity index (χ4n) is 1.81. The normalized spacial score (nSPS) is 21.5. The summed E-state index contributed by atoms with van der Waals surface area (Å²) < 4.78 is 0. The Morgan fingerprint density at radius 1 is 1.47 bits per heavy atom. The molecule has 3 heteroatoms. The summed E-state index contributed by atoms with van der Waals surface area (Å²) >= 11 is 7.99. The maximum atomic E-state index is 5.93. The Hall–Kier alpha value is -0.180. The van der Waals surface area contributed by atoms with E-state index in [1.807, 2.05) is 18.2 Å². The fraction of sp³-hybridized carbons (Fsp3) is 0.500. The van der Waals surface area contributed by atoms with Crippen molar-refractivity contribution in [2.24, 2.45) is 0 Å². The summed E-state index contributed by atoms with van der Waals surface area (Å²) in [6.07, 6.45) is 2.66. The Labute approximate surface area is 101 Å². The topological polar surface area (TPSA) is 12.0 Å². The van der Waals surface area contributed by atoms with Gasteiger partial charge in [-0.25, -0.2) is 0 Å². The monoisotopic (exact) mass is 241 g/mol. The van der Waals surface area contributed by atoms with Crippen LogP contribution in [0.25, 0.3) is 0 Å². The first-order chi connectivity index (χ1) is 7.34. The van der Waals surface area contributed by atoms with Gasteiger partial charge in [0.15, 0.2) is 0 Å². The van der Waals surface area contributed by atoms with E-state index in [1.54, 1.807) is 0 Å². The molecule has 82 valence electrons. The molecule has 0 spiro atoms. The van der Waals surface area contributed by atoms with Crippen LogP contribution in [0.2, 0.25) is 5.02 Å². The van der Waals surface area contributed by atoms with E-state index in [4.69, 9.17) is 11.6 Å². The quantitative estimate of drug-likeness (QED) is 0.872. The molecule has 1 nitrogen and oxygen atoms in total. The molecule has 0 amide bonds. The van der Waals surface area contributed by atoms with Gasteiger partial charge in [-0.15, -0.1) is 0 Å². The molecule has 1 aliphatic rings. The Balaban J connectivity index is 1.81. The molecule has 0 bridgehead atoms. The largest absolute Gasteiger partial charge is 0.309 e. The molecule has 0 aliphatic carbocycles. The second-order valence-electron chi connectivity index (χ2n) is 3.92. The molecule has 0 saturated carbocycles. The van der Waals surface area contributed by atoms with Gasteiger partial charge in [0.1, 0.15) is 0 Å². The molecule has 0 aromatic heterocycles. The minimum atomic E-state index is 0.683. The van der Waals surface area contributed by atoms with E-state index in [-0.39, 0.29) is 0 Å². The molecule has 1 aromatic carbocycles. The van der Waals surface area contributed by atoms with Crippen LogP contribution in [0.1, 0.15) is 18.4 Å². The third-order valence-electron chi connectivity index (χ3n) is 2.64. The lowest BCUT2D eigenvalue weighted by Gasteiger charge is -2.22. The zero-order valence-electron chi connectivity index (χ0n) is 8.71. The SMILES string of the molecule is Clc1cccc(CNC2CCCSC2)c1. The first-order valence-corrected chi connectivity index (χ1v) is 6.93. The van der Waals surface area contributed by atoms with Crippen LogP contribution in [0.15, 0.2) is 24.3 Å². The lowest BCUT2D eigenvalue weighted by atomic mass is 10.1. The second kappa shape index (κ2) is 5.78. The summed E-state index contributed by atoms with van der Waals surface area (Å²) in [5.41, 5.74) is 1.28. The Morgan fingerprint density at radius 2 is 2.40 bits per heavy atom. The highest BCUT2D eigenvalue weighted by molar-refractivity contribution is 7.99. The molecule has 1 saturated heterocycles. The first-order valence-electron chi connectivity index (χ1n) is 5.40. The lowest BCUT2D eigenvalue weighted by molar-refractivity contribution is 0.507. The molecule has 2 rings (SSSR count). The van der Waals surface area contributed by atoms with Crippen molar-refractivity contribution in [1.29, 1.82) is 0 Å². The summed E-state index contributed by atoms with van der Waals surface area (Å²) in [5, 5.41) is 4.41. The Morgan fingerprint density at radius 3 is 3.13 bits per heavy atom. The molecule has 1 aliphatic heterocycles. The second-order valence-corrected chi connectivity index (χ2v) is 5.51. The van der Waals surface area contributed by atoms with Crippen LogP contribution < -0.4 is 5.32 Å². The molecule has 1 N–H and O–H groups in total. The number of hydrogen-bond donors (Lipinski definition) is 1. The standard InChI is InChI=1S/C12H16ClNS/c13-11-4-1-3-10(7-11)8-14-12-5-2-6-15-9-12/h1,3-4,7,12,14H,2,5-6,8-9H2. The average Bonchev–Trinajstić information content (AvgIpc) is 2.28. The molecular weight excluding hydrogens is 226 g/mol. The van der Waals surface area contributed by atoms with Gasteiger partial charge in [-0.3, -0.25) is 0 Å². The smallest absolute Gasteiger partial charge is 0.0409 e. The van der Waals surface area contributed by atoms with Crippen molar-refractivity contribution >= 4 is 23.4 Å². The summed E-state index contributed by atoms with van der Waals surface area (Å²) in [6, 6.07) is 8.76. The van der Waals surface area contributed by atoms with Gasteiger partial charge < -0.3 is 5.32 Å². The number of hydrogen-bond acceptors (Lipinski definition) is 2. The number of thioether (sulfide) groups is 1. The van der Waals surface area contributed by atoms with Gasteiger partial charge in [-0.1, -0.05) is 23.7 Å². The van der Waals surface area contributed by atoms with Gasteiger partial charge in [-0.05, 0) is 36.3 Å². The first kappa shape index (κ1) is 11.3. The molecule has 0 radical (unpaired) electrons. The van der Waals surface area contributed by atoms with E-state index in [0.29, 0.717) is 6.04 Å². The van der Waals surface area contributed by atoms with E-state index in [9.17, 15) is 0 Å². The summed E-state index contributed by atoms with van der Waals surface area (Å²) in [5.74, 6) is 2.58. The maximum Gasteiger partial charge on any atom is 0.0409 e. The van der Waals surface area contributed by atoms with Gasteiger partial charge >= 0.3 is 0 Å². The predicted octanol–water partition coefficient (Wildman–Crippen LogP) is 3.33. The third kappa shape index (κ3) is 3.71. The van der Waals surface area contributed by atoms with Crippen molar-refractivity contribution in [3.63, 3.8) is 0 Å². The van der Waals surface area contributed by atoms with Gasteiger partial charge in [0, 0.05) is 23.4 Å². The van der Waals surface area contributed by atoms with Crippen LogP contribution >= 0.6 is 23.4 Å². The lowest BCUT2D eigenvalue weighted by Crippen LogP contribution is -2.33. The summed E-state index contributed by atoms with van der Waals surface area (Å²) in [6.45, 7) is 0.936. The molecule has 1 fully saturated rings. The summed E-state index contributed by atoms with van der Waals surface area (Å²) in [4.78, 5) is 0. The van der Waals surface area contributed by atoms with E-state index < -0.39 is 0 Å². The molecule has 1 heterocycles. The highest BCUT2D eigenvalue weighted by atomic mass is 35.5. The van der Waals surface area contributed by atoms with Gasteiger partial charge in [0.05, 0.1) is 0 Å². The fourth-order valence-corrected chi connectivity index (χ4v) is 3.13. The van der Waals surface area contributed by atoms with Crippen LogP contribution in [-0.2, 0) is 6.54 Å². The number of nitrogens with one attached hydrogen (secondary N) is 1. The van der Waals surface area contributed by atoms with Crippen molar-refractivity contribution < 1.29 is 0 Å². The third-order valence-corrected chi connectivity index (χ3v) is 4.09. The number of halogens is 1. The van der Waals surface area contributed by atoms with Crippen molar-refractivity contribution in [3.8, 4) is 0 Å². The van der Waals surface area contributed by atoms with Crippen LogP contribution in [0.4, 0.5) is 0 Å². The van der Waals surface area contributed by atoms with Crippen LogP contribution in [0.3, 0.4) is 0 Å². The number of rotatable bonds is 3. The highest BCUT2D eigenvalue weighted by Gasteiger charge is 2.12. The molecule has 15 heavy (non-hydrogen) atoms. The van der Waals surface area contributed by atoms with Crippen molar-refractivity contribution in [2.45, 2.75) is 25.4 Å². The van der Waals surface area contributed by atoms with Gasteiger partial charge in [0.2, 0.25) is 0 Å². The summed E-state index contributed by atoms with van der Waals surface area (Å²) in [7, 11) is 0. The van der Waals surface area contributed by atoms with E-state index in [0.717, 1.165) is 11.6 Å². The number of benzene rings is 1. The molecule has 1 unspecified atom stereocenters. The minimum Gasteiger partial charge on any atom is -0.309 e. The zero-order chi connectivity index (χ0) is 10.5. The minimum absolute atomic E-state index is 0.683. The van der Waals surface area contributed by atoms with Crippen LogP contribution in [-0.4, -0.2) is 17.5 Å². The van der Waals surface area contributed by atoms with E-state index in [1.165, 1.54) is 29.9 Å². The molecule has 1 aromatic rings.